The summed E-state index contributed by atoms with van der Waals surface area (Å²) in [6.45, 7) is 5.12. The first-order valence-corrected chi connectivity index (χ1v) is 8.86. The van der Waals surface area contributed by atoms with Gasteiger partial charge in [-0.1, -0.05) is 5.21 Å². The quantitative estimate of drug-likeness (QED) is 0.353. The highest BCUT2D eigenvalue weighted by molar-refractivity contribution is 5.83. The Morgan fingerprint density at radius 1 is 1.21 bits per heavy atom. The van der Waals surface area contributed by atoms with E-state index in [2.05, 4.69) is 30.9 Å². The number of benzene rings is 1. The summed E-state index contributed by atoms with van der Waals surface area (Å²) in [6, 6.07) is 3.16. The molecule has 150 valence electrons. The fourth-order valence-corrected chi connectivity index (χ4v) is 2.61. The highest BCUT2D eigenvalue weighted by Gasteiger charge is 2.16. The second kappa shape index (κ2) is 8.13. The number of aromatic hydroxyl groups is 2. The molecule has 0 aliphatic heterocycles. The normalized spacial score (nSPS) is 12.1. The molecule has 0 aliphatic carbocycles. The molecule has 0 radical (unpaired) electrons. The third-order valence-corrected chi connectivity index (χ3v) is 4.11. The Hall–Kier alpha value is -3.34. The van der Waals surface area contributed by atoms with Gasteiger partial charge in [-0.05, 0) is 26.0 Å². The number of phenols is 2. The number of rotatable bonds is 8. The number of fused-ring (bicyclic) bond motifs is 1. The van der Waals surface area contributed by atoms with E-state index in [-0.39, 0.29) is 29.8 Å². The third-order valence-electron chi connectivity index (χ3n) is 4.11. The average molecular weight is 388 g/mol. The highest BCUT2D eigenvalue weighted by Crippen LogP contribution is 2.38. The van der Waals surface area contributed by atoms with Crippen molar-refractivity contribution in [2.75, 3.05) is 24.3 Å². The Morgan fingerprint density at radius 3 is 2.68 bits per heavy atom. The third kappa shape index (κ3) is 3.83. The minimum absolute atomic E-state index is 0.0656. The van der Waals surface area contributed by atoms with Crippen molar-refractivity contribution < 1.29 is 14.9 Å². The molecule has 28 heavy (non-hydrogen) atoms. The summed E-state index contributed by atoms with van der Waals surface area (Å²) in [7, 11) is 1.41. The van der Waals surface area contributed by atoms with Gasteiger partial charge < -0.3 is 31.3 Å². The summed E-state index contributed by atoms with van der Waals surface area (Å²) in [5.74, 6) is 0.465. The standard InChI is InChI=1S/C17H24N8O3/c1-4-25-16-12(23-24-25)15(21-17(22-16)20-7-9(2)18)19-8-10-5-6-11(28-3)14(27)13(10)26/h5-6,9,26-27H,4,7-8,18H2,1-3H3,(H2,19,20,21,22). The minimum atomic E-state index is -0.314. The first kappa shape index (κ1) is 19.4. The Labute approximate surface area is 161 Å². The Bertz CT molecular complexity index is 973. The molecule has 2 aromatic heterocycles. The van der Waals surface area contributed by atoms with E-state index in [0.29, 0.717) is 41.6 Å². The molecule has 1 aromatic carbocycles. The topological polar surface area (TPSA) is 156 Å². The maximum atomic E-state index is 10.2. The van der Waals surface area contributed by atoms with Crippen molar-refractivity contribution in [1.82, 2.24) is 25.0 Å². The lowest BCUT2D eigenvalue weighted by atomic mass is 10.1. The van der Waals surface area contributed by atoms with Gasteiger partial charge in [0.05, 0.1) is 7.11 Å². The van der Waals surface area contributed by atoms with Gasteiger partial charge in [0.25, 0.3) is 0 Å². The number of ether oxygens (including phenoxy) is 1. The zero-order valence-corrected chi connectivity index (χ0v) is 16.0. The molecule has 1 atom stereocenters. The Morgan fingerprint density at radius 2 is 2.00 bits per heavy atom. The van der Waals surface area contributed by atoms with Crippen LogP contribution in [0.15, 0.2) is 12.1 Å². The summed E-state index contributed by atoms with van der Waals surface area (Å²) in [6.07, 6.45) is 0. The molecule has 6 N–H and O–H groups in total. The number of phenolic OH excluding ortho intramolecular Hbond substituents is 2. The number of hydrogen-bond donors (Lipinski definition) is 5. The van der Waals surface area contributed by atoms with Gasteiger partial charge in [-0.15, -0.1) is 5.10 Å². The van der Waals surface area contributed by atoms with Crippen molar-refractivity contribution in [3.63, 3.8) is 0 Å². The summed E-state index contributed by atoms with van der Waals surface area (Å²) in [4.78, 5) is 8.91. The van der Waals surface area contributed by atoms with Crippen LogP contribution in [0.2, 0.25) is 0 Å². The van der Waals surface area contributed by atoms with Gasteiger partial charge in [0.1, 0.15) is 0 Å². The van der Waals surface area contributed by atoms with E-state index < -0.39 is 0 Å². The van der Waals surface area contributed by atoms with Crippen LogP contribution >= 0.6 is 0 Å². The van der Waals surface area contributed by atoms with E-state index in [9.17, 15) is 10.2 Å². The summed E-state index contributed by atoms with van der Waals surface area (Å²) in [5, 5.41) is 34.6. The molecule has 1 unspecified atom stereocenters. The van der Waals surface area contributed by atoms with Gasteiger partial charge in [-0.3, -0.25) is 0 Å². The molecule has 11 heteroatoms. The number of hydrogen-bond acceptors (Lipinski definition) is 10. The van der Waals surface area contributed by atoms with Crippen LogP contribution in [0.5, 0.6) is 17.2 Å². The predicted molar refractivity (Wildman–Crippen MR) is 105 cm³/mol. The maximum absolute atomic E-state index is 10.2. The highest BCUT2D eigenvalue weighted by atomic mass is 16.5. The molecule has 0 saturated heterocycles. The number of nitrogens with one attached hydrogen (secondary N) is 2. The van der Waals surface area contributed by atoms with Crippen LogP contribution in [0.3, 0.4) is 0 Å². The molecule has 11 nitrogen and oxygen atoms in total. The van der Waals surface area contributed by atoms with E-state index in [1.807, 2.05) is 13.8 Å². The fraction of sp³-hybridized carbons (Fsp3) is 0.412. The van der Waals surface area contributed by atoms with Gasteiger partial charge in [0.15, 0.2) is 28.5 Å². The zero-order chi connectivity index (χ0) is 20.3. The molecule has 3 rings (SSSR count). The number of anilines is 2. The van der Waals surface area contributed by atoms with Crippen molar-refractivity contribution in [2.24, 2.45) is 5.73 Å². The second-order valence-electron chi connectivity index (χ2n) is 6.31. The van der Waals surface area contributed by atoms with Gasteiger partial charge in [0, 0.05) is 31.2 Å². The molecule has 2 heterocycles. The van der Waals surface area contributed by atoms with E-state index in [0.717, 1.165) is 0 Å². The van der Waals surface area contributed by atoms with Crippen molar-refractivity contribution in [3.8, 4) is 17.2 Å². The second-order valence-corrected chi connectivity index (χ2v) is 6.31. The van der Waals surface area contributed by atoms with Crippen LogP contribution in [-0.2, 0) is 13.1 Å². The first-order valence-electron chi connectivity index (χ1n) is 8.86. The molecule has 0 spiro atoms. The molecular weight excluding hydrogens is 364 g/mol. The lowest BCUT2D eigenvalue weighted by molar-refractivity contribution is 0.349. The van der Waals surface area contributed by atoms with Gasteiger partial charge in [-0.2, -0.15) is 9.97 Å². The van der Waals surface area contributed by atoms with Gasteiger partial charge >= 0.3 is 0 Å². The molecule has 3 aromatic rings. The smallest absolute Gasteiger partial charge is 0.226 e. The molecule has 0 bridgehead atoms. The van der Waals surface area contributed by atoms with Crippen molar-refractivity contribution >= 4 is 22.9 Å². The van der Waals surface area contributed by atoms with Crippen LogP contribution in [0, 0.1) is 0 Å². The number of aromatic nitrogens is 5. The number of nitrogens with zero attached hydrogens (tertiary/aromatic N) is 5. The summed E-state index contributed by atoms with van der Waals surface area (Å²) >= 11 is 0. The van der Waals surface area contributed by atoms with Crippen molar-refractivity contribution in [1.29, 1.82) is 0 Å². The van der Waals surface area contributed by atoms with Gasteiger partial charge in [0.2, 0.25) is 11.7 Å². The van der Waals surface area contributed by atoms with Crippen LogP contribution in [0.4, 0.5) is 11.8 Å². The Kier molecular flexibility index (Phi) is 5.64. The summed E-state index contributed by atoms with van der Waals surface area (Å²) in [5.41, 5.74) is 7.34. The van der Waals surface area contributed by atoms with Crippen molar-refractivity contribution in [3.05, 3.63) is 17.7 Å². The molecule has 0 amide bonds. The van der Waals surface area contributed by atoms with Crippen LogP contribution in [0.1, 0.15) is 19.4 Å². The van der Waals surface area contributed by atoms with Crippen LogP contribution in [0.25, 0.3) is 11.2 Å². The van der Waals surface area contributed by atoms with E-state index in [1.165, 1.54) is 7.11 Å². The number of nitrogens with two attached hydrogens (primary N) is 1. The molecular formula is C17H24N8O3. The molecule has 0 aliphatic rings. The minimum Gasteiger partial charge on any atom is -0.504 e. The van der Waals surface area contributed by atoms with Crippen LogP contribution < -0.4 is 21.1 Å². The largest absolute Gasteiger partial charge is 0.504 e. The maximum Gasteiger partial charge on any atom is 0.226 e. The SMILES string of the molecule is CCn1nnc2c(NCc3ccc(OC)c(O)c3O)nc(NCC(C)N)nc21. The number of aryl methyl sites for hydroxylation is 1. The van der Waals surface area contributed by atoms with E-state index >= 15 is 0 Å². The van der Waals surface area contributed by atoms with Gasteiger partial charge in [-0.25, -0.2) is 4.68 Å². The van der Waals surface area contributed by atoms with E-state index in [1.54, 1.807) is 16.8 Å². The monoisotopic (exact) mass is 388 g/mol. The number of methoxy groups -OCH3 is 1. The van der Waals surface area contributed by atoms with Crippen molar-refractivity contribution in [2.45, 2.75) is 33.0 Å². The Balaban J connectivity index is 1.91. The summed E-state index contributed by atoms with van der Waals surface area (Å²) < 4.78 is 6.65. The first-order chi connectivity index (χ1) is 13.4. The fourth-order valence-electron chi connectivity index (χ4n) is 2.61. The van der Waals surface area contributed by atoms with E-state index in [4.69, 9.17) is 10.5 Å². The molecule has 0 fully saturated rings. The predicted octanol–water partition coefficient (Wildman–Crippen LogP) is 1.03. The average Bonchev–Trinajstić information content (AvgIpc) is 3.10. The zero-order valence-electron chi connectivity index (χ0n) is 16.0. The lowest BCUT2D eigenvalue weighted by Crippen LogP contribution is -2.26. The lowest BCUT2D eigenvalue weighted by Gasteiger charge is -2.13. The van der Waals surface area contributed by atoms with Crippen LogP contribution in [-0.4, -0.2) is 54.9 Å². The molecule has 0 saturated carbocycles.